The molecule has 0 amide bonds. The Labute approximate surface area is 209 Å². The lowest BCUT2D eigenvalue weighted by Gasteiger charge is -2.25. The number of ether oxygens (including phenoxy) is 3. The number of fused-ring (bicyclic) bond motifs is 1. The average molecular weight is 519 g/mol. The summed E-state index contributed by atoms with van der Waals surface area (Å²) in [4.78, 5) is 31.4. The number of rotatable bonds is 5. The zero-order valence-electron chi connectivity index (χ0n) is 18.7. The molecule has 1 atom stereocenters. The summed E-state index contributed by atoms with van der Waals surface area (Å²) in [5, 5.41) is 0.914. The van der Waals surface area contributed by atoms with Crippen molar-refractivity contribution < 1.29 is 19.0 Å². The maximum atomic E-state index is 13.6. The van der Waals surface area contributed by atoms with Crippen LogP contribution in [0.15, 0.2) is 57.5 Å². The highest BCUT2D eigenvalue weighted by molar-refractivity contribution is 7.07. The second-order valence-electron chi connectivity index (χ2n) is 7.35. The Kier molecular flexibility index (Phi) is 6.84. The van der Waals surface area contributed by atoms with Crippen LogP contribution < -0.4 is 24.4 Å². The molecule has 0 fully saturated rings. The highest BCUT2D eigenvalue weighted by atomic mass is 35.5. The highest BCUT2D eigenvalue weighted by Crippen LogP contribution is 2.36. The Bertz CT molecular complexity index is 1510. The molecule has 2 heterocycles. The summed E-state index contributed by atoms with van der Waals surface area (Å²) in [5.41, 5.74) is 1.69. The van der Waals surface area contributed by atoms with Crippen LogP contribution >= 0.6 is 34.5 Å². The first-order valence-electron chi connectivity index (χ1n) is 10.1. The van der Waals surface area contributed by atoms with Gasteiger partial charge in [0.25, 0.3) is 5.56 Å². The van der Waals surface area contributed by atoms with Crippen LogP contribution in [0, 0.1) is 0 Å². The number of thiazole rings is 1. The van der Waals surface area contributed by atoms with Crippen molar-refractivity contribution in [1.29, 1.82) is 0 Å². The summed E-state index contributed by atoms with van der Waals surface area (Å²) >= 11 is 13.5. The molecule has 10 heteroatoms. The molecule has 0 aliphatic carbocycles. The van der Waals surface area contributed by atoms with E-state index < -0.39 is 12.0 Å². The van der Waals surface area contributed by atoms with E-state index in [2.05, 4.69) is 4.99 Å². The monoisotopic (exact) mass is 518 g/mol. The van der Waals surface area contributed by atoms with Gasteiger partial charge in [-0.3, -0.25) is 9.36 Å². The zero-order chi connectivity index (χ0) is 24.6. The van der Waals surface area contributed by atoms with E-state index in [4.69, 9.17) is 37.4 Å². The lowest BCUT2D eigenvalue weighted by Crippen LogP contribution is -2.39. The number of esters is 1. The smallest absolute Gasteiger partial charge is 0.338 e. The van der Waals surface area contributed by atoms with Crippen molar-refractivity contribution in [2.24, 2.45) is 4.99 Å². The number of methoxy groups -OCH3 is 3. The van der Waals surface area contributed by atoms with Gasteiger partial charge in [-0.05, 0) is 48.4 Å². The van der Waals surface area contributed by atoms with Gasteiger partial charge >= 0.3 is 5.97 Å². The fraction of sp³-hybridized carbons (Fsp3) is 0.208. The summed E-state index contributed by atoms with van der Waals surface area (Å²) in [7, 11) is 4.35. The van der Waals surface area contributed by atoms with Gasteiger partial charge in [0, 0.05) is 10.0 Å². The zero-order valence-corrected chi connectivity index (χ0v) is 21.0. The molecule has 4 rings (SSSR count). The van der Waals surface area contributed by atoms with Crippen molar-refractivity contribution >= 4 is 46.6 Å². The lowest BCUT2D eigenvalue weighted by molar-refractivity contribution is -0.136. The Hall–Kier alpha value is -3.07. The number of halogens is 2. The molecular weight excluding hydrogens is 499 g/mol. The molecule has 1 aliphatic rings. The van der Waals surface area contributed by atoms with E-state index in [0.29, 0.717) is 47.7 Å². The normalized spacial score (nSPS) is 15.6. The van der Waals surface area contributed by atoms with Gasteiger partial charge in [-0.15, -0.1) is 0 Å². The van der Waals surface area contributed by atoms with E-state index in [-0.39, 0.29) is 11.1 Å². The summed E-state index contributed by atoms with van der Waals surface area (Å²) in [6.45, 7) is 1.72. The second kappa shape index (κ2) is 9.66. The molecule has 176 valence electrons. The first kappa shape index (κ1) is 24.1. The summed E-state index contributed by atoms with van der Waals surface area (Å²) in [6.07, 6.45) is 1.69. The van der Waals surface area contributed by atoms with Gasteiger partial charge in [0.1, 0.15) is 0 Å². The molecule has 0 saturated carbocycles. The quantitative estimate of drug-likeness (QED) is 0.480. The van der Waals surface area contributed by atoms with Crippen LogP contribution in [0.3, 0.4) is 0 Å². The van der Waals surface area contributed by atoms with Crippen molar-refractivity contribution in [2.45, 2.75) is 13.0 Å². The topological polar surface area (TPSA) is 79.1 Å². The van der Waals surface area contributed by atoms with Crippen molar-refractivity contribution in [3.8, 4) is 11.5 Å². The minimum atomic E-state index is -0.772. The molecule has 34 heavy (non-hydrogen) atoms. The van der Waals surface area contributed by atoms with Gasteiger partial charge in [0.2, 0.25) is 0 Å². The van der Waals surface area contributed by atoms with Crippen LogP contribution in [-0.2, 0) is 9.53 Å². The fourth-order valence-corrected chi connectivity index (χ4v) is 5.29. The molecule has 1 aliphatic heterocycles. The van der Waals surface area contributed by atoms with Crippen molar-refractivity contribution in [2.75, 3.05) is 21.3 Å². The summed E-state index contributed by atoms with van der Waals surface area (Å²) < 4.78 is 17.7. The maximum absolute atomic E-state index is 13.6. The average Bonchev–Trinajstić information content (AvgIpc) is 3.13. The Morgan fingerprint density at radius 3 is 2.47 bits per heavy atom. The van der Waals surface area contributed by atoms with E-state index in [0.717, 1.165) is 0 Å². The van der Waals surface area contributed by atoms with Gasteiger partial charge in [-0.25, -0.2) is 9.79 Å². The molecule has 3 aromatic rings. The molecule has 1 aromatic heterocycles. The Morgan fingerprint density at radius 1 is 1.09 bits per heavy atom. The SMILES string of the molecule is COC(=O)C1=C(C)N=c2s/c(=C\c3ccc(Cl)cc3Cl)c(=O)n2C1c1ccc(OC)c(OC)c1. The number of hydrogen-bond donors (Lipinski definition) is 0. The molecule has 0 radical (unpaired) electrons. The van der Waals surface area contributed by atoms with Crippen LogP contribution in [0.2, 0.25) is 10.0 Å². The van der Waals surface area contributed by atoms with Crippen molar-refractivity contribution in [1.82, 2.24) is 4.57 Å². The maximum Gasteiger partial charge on any atom is 0.338 e. The number of benzene rings is 2. The molecule has 0 saturated heterocycles. The molecular formula is C24H20Cl2N2O5S. The second-order valence-corrected chi connectivity index (χ2v) is 9.21. The highest BCUT2D eigenvalue weighted by Gasteiger charge is 2.33. The number of hydrogen-bond acceptors (Lipinski definition) is 7. The van der Waals surface area contributed by atoms with Gasteiger partial charge < -0.3 is 14.2 Å². The number of nitrogens with zero attached hydrogens (tertiary/aromatic N) is 2. The van der Waals surface area contributed by atoms with Crippen LogP contribution in [-0.4, -0.2) is 31.9 Å². The summed E-state index contributed by atoms with van der Waals surface area (Å²) in [5.74, 6) is 0.418. The van der Waals surface area contributed by atoms with Crippen LogP contribution in [0.5, 0.6) is 11.5 Å². The van der Waals surface area contributed by atoms with E-state index >= 15 is 0 Å². The fourth-order valence-electron chi connectivity index (χ4n) is 3.79. The molecule has 2 aromatic carbocycles. The number of carbonyl (C=O) groups excluding carboxylic acids is 1. The number of aromatic nitrogens is 1. The predicted molar refractivity (Wildman–Crippen MR) is 132 cm³/mol. The third-order valence-corrected chi connectivity index (χ3v) is 6.94. The van der Waals surface area contributed by atoms with Gasteiger partial charge in [0.15, 0.2) is 16.3 Å². The van der Waals surface area contributed by atoms with Gasteiger partial charge in [-0.1, -0.05) is 46.7 Å². The number of allylic oxidation sites excluding steroid dienone is 1. The molecule has 7 nitrogen and oxygen atoms in total. The van der Waals surface area contributed by atoms with Crippen molar-refractivity contribution in [3.05, 3.63) is 88.5 Å². The van der Waals surface area contributed by atoms with Gasteiger partial charge in [-0.2, -0.15) is 0 Å². The predicted octanol–water partition coefficient (Wildman–Crippen LogP) is 3.73. The van der Waals surface area contributed by atoms with Crippen LogP contribution in [0.25, 0.3) is 6.08 Å². The Morgan fingerprint density at radius 2 is 1.82 bits per heavy atom. The first-order valence-corrected chi connectivity index (χ1v) is 11.6. The van der Waals surface area contributed by atoms with Crippen LogP contribution in [0.1, 0.15) is 24.1 Å². The van der Waals surface area contributed by atoms with E-state index in [1.54, 1.807) is 49.4 Å². The van der Waals surface area contributed by atoms with E-state index in [1.807, 2.05) is 0 Å². The van der Waals surface area contributed by atoms with E-state index in [9.17, 15) is 9.59 Å². The van der Waals surface area contributed by atoms with Crippen molar-refractivity contribution in [3.63, 3.8) is 0 Å². The minimum Gasteiger partial charge on any atom is -0.493 e. The molecule has 0 N–H and O–H groups in total. The summed E-state index contributed by atoms with van der Waals surface area (Å²) in [6, 6.07) is 9.51. The standard InChI is InChI=1S/C24H20Cl2N2O5S/c1-12-20(23(30)33-4)21(14-6-8-17(31-2)18(9-14)32-3)28-22(29)19(34-24(28)27-12)10-13-5-7-15(25)11-16(13)26/h5-11,21H,1-4H3/b19-10-. The number of carbonyl (C=O) groups is 1. The minimum absolute atomic E-state index is 0.262. The van der Waals surface area contributed by atoms with Gasteiger partial charge in [0.05, 0.1) is 43.2 Å². The third kappa shape index (κ3) is 4.24. The lowest BCUT2D eigenvalue weighted by atomic mass is 9.95. The third-order valence-electron chi connectivity index (χ3n) is 5.40. The van der Waals surface area contributed by atoms with Crippen LogP contribution in [0.4, 0.5) is 0 Å². The first-order chi connectivity index (χ1) is 16.3. The largest absolute Gasteiger partial charge is 0.493 e. The molecule has 1 unspecified atom stereocenters. The van der Waals surface area contributed by atoms with E-state index in [1.165, 1.54) is 37.2 Å². The molecule has 0 spiro atoms. The molecule has 0 bridgehead atoms. The Balaban J connectivity index is 1.99.